The fraction of sp³-hybridized carbons (Fsp3) is 0.100. The van der Waals surface area contributed by atoms with Crippen LogP contribution >= 0.6 is 23.2 Å². The number of hydrogen-bond donors (Lipinski definition) is 1. The maximum atomic E-state index is 13.6. The molecule has 1 N–H and O–H groups in total. The Bertz CT molecular complexity index is 1210. The Kier molecular flexibility index (Phi) is 6.06. The lowest BCUT2D eigenvalue weighted by Crippen LogP contribution is -2.38. The highest BCUT2D eigenvalue weighted by molar-refractivity contribution is 8.10. The van der Waals surface area contributed by atoms with Crippen molar-refractivity contribution < 1.29 is 21.9 Å². The molecule has 0 aliphatic carbocycles. The molecule has 0 spiro atoms. The maximum absolute atomic E-state index is 13.6. The molecule has 0 radical (unpaired) electrons. The van der Waals surface area contributed by atoms with E-state index in [0.717, 1.165) is 0 Å². The molecule has 0 saturated carbocycles. The standard InChI is InChI=1S/C20H17Cl2NO5S2/c1-13-17(21)20(24)18(22)14(2)19(13)23(29(25,26)15-9-5-3-6-10-15)30(27,28)16-11-7-4-8-12-16/h3-12,24H,1-2H3. The Morgan fingerprint density at radius 1 is 0.700 bits per heavy atom. The Labute approximate surface area is 185 Å². The van der Waals surface area contributed by atoms with Crippen molar-refractivity contribution in [1.82, 2.24) is 0 Å². The molecule has 0 unspecified atom stereocenters. The van der Waals surface area contributed by atoms with Crippen molar-refractivity contribution in [2.24, 2.45) is 0 Å². The van der Waals surface area contributed by atoms with Crippen LogP contribution in [0, 0.1) is 13.8 Å². The average Bonchev–Trinajstić information content (AvgIpc) is 2.74. The van der Waals surface area contributed by atoms with Crippen LogP contribution in [0.25, 0.3) is 0 Å². The van der Waals surface area contributed by atoms with Crippen molar-refractivity contribution in [2.45, 2.75) is 23.6 Å². The fourth-order valence-electron chi connectivity index (χ4n) is 2.96. The number of sulfonamides is 2. The third kappa shape index (κ3) is 3.65. The summed E-state index contributed by atoms with van der Waals surface area (Å²) in [4.78, 5) is -0.466. The second-order valence-corrected chi connectivity index (χ2v) is 11.0. The Hall–Kier alpha value is -2.26. The number of hydrogen-bond acceptors (Lipinski definition) is 5. The van der Waals surface area contributed by atoms with E-state index >= 15 is 0 Å². The van der Waals surface area contributed by atoms with Gasteiger partial charge in [0.1, 0.15) is 0 Å². The van der Waals surface area contributed by atoms with Crippen LogP contribution in [0.4, 0.5) is 5.69 Å². The molecule has 0 atom stereocenters. The highest BCUT2D eigenvalue weighted by atomic mass is 35.5. The van der Waals surface area contributed by atoms with Crippen molar-refractivity contribution in [1.29, 1.82) is 0 Å². The van der Waals surface area contributed by atoms with Crippen molar-refractivity contribution in [3.05, 3.63) is 81.8 Å². The number of nitrogens with zero attached hydrogens (tertiary/aromatic N) is 1. The first-order chi connectivity index (χ1) is 14.0. The second-order valence-electron chi connectivity index (χ2n) is 6.41. The molecule has 0 aliphatic rings. The third-order valence-electron chi connectivity index (χ3n) is 4.49. The van der Waals surface area contributed by atoms with E-state index in [1.54, 1.807) is 12.1 Å². The van der Waals surface area contributed by atoms with Crippen LogP contribution in [0.2, 0.25) is 10.0 Å². The first-order valence-corrected chi connectivity index (χ1v) is 12.2. The first kappa shape index (κ1) is 22.4. The van der Waals surface area contributed by atoms with Gasteiger partial charge in [0.25, 0.3) is 20.0 Å². The van der Waals surface area contributed by atoms with Gasteiger partial charge in [-0.2, -0.15) is 3.71 Å². The van der Waals surface area contributed by atoms with Crippen molar-refractivity contribution in [3.63, 3.8) is 0 Å². The van der Waals surface area contributed by atoms with Crippen LogP contribution in [0.15, 0.2) is 70.5 Å². The molecular formula is C20H17Cl2NO5S2. The monoisotopic (exact) mass is 485 g/mol. The van der Waals surface area contributed by atoms with E-state index in [-0.39, 0.29) is 36.7 Å². The molecule has 0 saturated heterocycles. The molecule has 3 aromatic carbocycles. The van der Waals surface area contributed by atoms with Crippen LogP contribution < -0.4 is 3.71 Å². The van der Waals surface area contributed by atoms with Crippen LogP contribution in [0.5, 0.6) is 5.75 Å². The van der Waals surface area contributed by atoms with Gasteiger partial charge < -0.3 is 5.11 Å². The summed E-state index contributed by atoms with van der Waals surface area (Å²) in [6.07, 6.45) is 0. The van der Waals surface area contributed by atoms with E-state index in [9.17, 15) is 21.9 Å². The first-order valence-electron chi connectivity index (χ1n) is 8.59. The minimum absolute atomic E-state index is 0.0510. The number of rotatable bonds is 5. The topological polar surface area (TPSA) is 91.8 Å². The van der Waals surface area contributed by atoms with Gasteiger partial charge >= 0.3 is 0 Å². The minimum Gasteiger partial charge on any atom is -0.505 e. The molecule has 3 aromatic rings. The van der Waals surface area contributed by atoms with Crippen LogP contribution in [-0.4, -0.2) is 21.9 Å². The van der Waals surface area contributed by atoms with Gasteiger partial charge in [0, 0.05) is 0 Å². The van der Waals surface area contributed by atoms with E-state index in [2.05, 4.69) is 0 Å². The van der Waals surface area contributed by atoms with E-state index in [4.69, 9.17) is 23.2 Å². The van der Waals surface area contributed by atoms with Crippen molar-refractivity contribution >= 4 is 48.9 Å². The summed E-state index contributed by atoms with van der Waals surface area (Å²) in [5, 5.41) is 9.66. The summed E-state index contributed by atoms with van der Waals surface area (Å²) in [6, 6.07) is 14.3. The average molecular weight is 486 g/mol. The zero-order chi connectivity index (χ0) is 22.3. The molecule has 0 bridgehead atoms. The number of anilines is 1. The zero-order valence-corrected chi connectivity index (χ0v) is 19.0. The molecule has 30 heavy (non-hydrogen) atoms. The third-order valence-corrected chi connectivity index (χ3v) is 9.56. The molecule has 158 valence electrons. The fourth-order valence-corrected chi connectivity index (χ4v) is 7.34. The molecule has 6 nitrogen and oxygen atoms in total. The maximum Gasteiger partial charge on any atom is 0.277 e. The lowest BCUT2D eigenvalue weighted by atomic mass is 10.1. The van der Waals surface area contributed by atoms with Crippen molar-refractivity contribution in [2.75, 3.05) is 3.71 Å². The number of phenols is 1. The number of aromatic hydroxyl groups is 1. The lowest BCUT2D eigenvalue weighted by molar-refractivity contribution is 0.475. The zero-order valence-electron chi connectivity index (χ0n) is 15.9. The summed E-state index contributed by atoms with van der Waals surface area (Å²) in [7, 11) is -9.21. The molecule has 0 fully saturated rings. The van der Waals surface area contributed by atoms with E-state index in [1.807, 2.05) is 0 Å². The van der Waals surface area contributed by atoms with E-state index in [1.165, 1.54) is 62.4 Å². The lowest BCUT2D eigenvalue weighted by Gasteiger charge is -2.28. The second kappa shape index (κ2) is 8.11. The van der Waals surface area contributed by atoms with E-state index < -0.39 is 25.8 Å². The largest absolute Gasteiger partial charge is 0.505 e. The summed E-state index contributed by atoms with van der Waals surface area (Å²) >= 11 is 12.3. The highest BCUT2D eigenvalue weighted by Crippen LogP contribution is 2.46. The van der Waals surface area contributed by atoms with Gasteiger partial charge in [0.05, 0.1) is 25.5 Å². The van der Waals surface area contributed by atoms with Gasteiger partial charge in [0.2, 0.25) is 0 Å². The van der Waals surface area contributed by atoms with Gasteiger partial charge in [-0.1, -0.05) is 59.6 Å². The predicted octanol–water partition coefficient (Wildman–Crippen LogP) is 4.90. The van der Waals surface area contributed by atoms with E-state index in [0.29, 0.717) is 3.71 Å². The quantitative estimate of drug-likeness (QED) is 0.554. The molecular weight excluding hydrogens is 469 g/mol. The van der Waals surface area contributed by atoms with Gasteiger partial charge in [0.15, 0.2) is 5.75 Å². The molecule has 3 rings (SSSR count). The number of halogens is 2. The Morgan fingerprint density at radius 3 is 1.37 bits per heavy atom. The summed E-state index contributed by atoms with van der Waals surface area (Å²) in [6.45, 7) is 2.82. The number of phenolic OH excluding ortho intramolecular Hbond substituents is 1. The van der Waals surface area contributed by atoms with Crippen LogP contribution in [0.1, 0.15) is 11.1 Å². The van der Waals surface area contributed by atoms with Crippen LogP contribution in [-0.2, 0) is 20.0 Å². The Balaban J connectivity index is 2.46. The molecule has 0 aliphatic heterocycles. The normalized spacial score (nSPS) is 12.0. The minimum atomic E-state index is -4.60. The molecule has 0 heterocycles. The molecule has 10 heteroatoms. The van der Waals surface area contributed by atoms with Gasteiger partial charge in [-0.15, -0.1) is 0 Å². The van der Waals surface area contributed by atoms with Crippen molar-refractivity contribution in [3.8, 4) is 5.75 Å². The SMILES string of the molecule is Cc1c(Cl)c(O)c(Cl)c(C)c1N(S(=O)(=O)c1ccccc1)S(=O)(=O)c1ccccc1. The van der Waals surface area contributed by atoms with Gasteiger partial charge in [-0.05, 0) is 49.2 Å². The van der Waals surface area contributed by atoms with Gasteiger partial charge in [-0.3, -0.25) is 0 Å². The smallest absolute Gasteiger partial charge is 0.277 e. The highest BCUT2D eigenvalue weighted by Gasteiger charge is 2.40. The number of benzene rings is 3. The van der Waals surface area contributed by atoms with Crippen LogP contribution in [0.3, 0.4) is 0 Å². The van der Waals surface area contributed by atoms with Gasteiger partial charge in [-0.25, -0.2) is 16.8 Å². The molecule has 0 amide bonds. The molecule has 0 aromatic heterocycles. The Morgan fingerprint density at radius 2 is 1.03 bits per heavy atom. The predicted molar refractivity (Wildman–Crippen MR) is 117 cm³/mol. The summed E-state index contributed by atoms with van der Waals surface area (Å²) in [5.41, 5.74) is -0.138. The summed E-state index contributed by atoms with van der Waals surface area (Å²) in [5.74, 6) is -0.453. The summed E-state index contributed by atoms with van der Waals surface area (Å²) < 4.78 is 54.6.